The van der Waals surface area contributed by atoms with E-state index in [2.05, 4.69) is 18.9 Å². The number of nitrogens with one attached hydrogen (secondary N) is 1. The van der Waals surface area contributed by atoms with E-state index in [0.717, 1.165) is 18.4 Å². The van der Waals surface area contributed by atoms with Crippen LogP contribution in [0.3, 0.4) is 0 Å². The molecule has 0 fully saturated rings. The number of unbranched alkanes of at least 4 members (excludes halogenated alkanes) is 12. The molecule has 236 valence electrons. The molecule has 0 aliphatic heterocycles. The molecular formula is C35H55ClNO4P. The van der Waals surface area contributed by atoms with Gasteiger partial charge in [-0.15, -0.1) is 0 Å². The minimum Gasteiger partial charge on any atom is -0.464 e. The molecule has 1 unspecified atom stereocenters. The lowest BCUT2D eigenvalue weighted by atomic mass is 9.94. The Morgan fingerprint density at radius 1 is 0.738 bits per heavy atom. The quantitative estimate of drug-likeness (QED) is 0.0680. The van der Waals surface area contributed by atoms with Crippen molar-refractivity contribution in [3.63, 3.8) is 0 Å². The number of hydrogen-bond donors (Lipinski definition) is 1. The summed E-state index contributed by atoms with van der Waals surface area (Å²) in [4.78, 5) is 13.4. The number of carbonyl (C=O) groups is 1. The first-order chi connectivity index (χ1) is 20.4. The van der Waals surface area contributed by atoms with Gasteiger partial charge in [0.25, 0.3) is 0 Å². The van der Waals surface area contributed by atoms with Crippen molar-refractivity contribution >= 4 is 24.1 Å². The van der Waals surface area contributed by atoms with E-state index in [1.165, 1.54) is 89.9 Å². The molecule has 0 radical (unpaired) electrons. The summed E-state index contributed by atoms with van der Waals surface area (Å²) in [5.41, 5.74) is 0.922. The zero-order valence-electron chi connectivity index (χ0n) is 26.1. The van der Waals surface area contributed by atoms with Gasteiger partial charge in [-0.2, -0.15) is 0 Å². The fourth-order valence-electron chi connectivity index (χ4n) is 5.25. The first-order valence-electron chi connectivity index (χ1n) is 16.5. The molecule has 1 N–H and O–H groups in total. The summed E-state index contributed by atoms with van der Waals surface area (Å²) in [5.74, 6) is 0.265. The molecule has 42 heavy (non-hydrogen) atoms. The second-order valence-electron chi connectivity index (χ2n) is 11.6. The van der Waals surface area contributed by atoms with Gasteiger partial charge in [0.1, 0.15) is 11.8 Å². The van der Waals surface area contributed by atoms with Crippen LogP contribution in [0.25, 0.3) is 0 Å². The molecule has 0 heterocycles. The topological polar surface area (TPSA) is 64.6 Å². The Bertz CT molecular complexity index is 973. The zero-order valence-corrected chi connectivity index (χ0v) is 27.8. The average Bonchev–Trinajstić information content (AvgIpc) is 2.98. The first-order valence-corrected chi connectivity index (χ1v) is 19.0. The van der Waals surface area contributed by atoms with Crippen LogP contribution in [0.5, 0.6) is 5.75 Å². The van der Waals surface area contributed by atoms with Crippen molar-refractivity contribution in [3.8, 4) is 5.75 Å². The Balaban J connectivity index is 1.96. The van der Waals surface area contributed by atoms with Crippen LogP contribution in [0, 0.1) is 5.92 Å². The number of carbonyl (C=O) groups excluding carboxylic acids is 1. The summed E-state index contributed by atoms with van der Waals surface area (Å²) in [5, 5.41) is 2.79. The number of esters is 1. The molecule has 7 heteroatoms. The zero-order chi connectivity index (χ0) is 30.3. The Morgan fingerprint density at radius 3 is 1.74 bits per heavy atom. The molecule has 2 aromatic rings. The molecule has 2 rings (SSSR count). The van der Waals surface area contributed by atoms with Gasteiger partial charge in [0.2, 0.25) is 0 Å². The third-order valence-corrected chi connectivity index (χ3v) is 9.30. The molecule has 0 spiro atoms. The van der Waals surface area contributed by atoms with Crippen LogP contribution >= 0.6 is 18.1 Å². The molecule has 0 aliphatic carbocycles. The highest BCUT2D eigenvalue weighted by molar-refractivity contribution is 7.84. The maximum Gasteiger partial charge on any atom is 0.409 e. The Hall–Kier alpha value is -1.81. The largest absolute Gasteiger partial charge is 0.464 e. The monoisotopic (exact) mass is 619 g/mol. The molecule has 5 nitrogen and oxygen atoms in total. The average molecular weight is 620 g/mol. The number of para-hydroxylation sites is 1. The molecule has 0 saturated heterocycles. The van der Waals surface area contributed by atoms with Gasteiger partial charge in [0, 0.05) is 11.2 Å². The van der Waals surface area contributed by atoms with Crippen molar-refractivity contribution in [2.45, 2.75) is 129 Å². The van der Waals surface area contributed by atoms with Crippen molar-refractivity contribution < 1.29 is 18.6 Å². The Kier molecular flexibility index (Phi) is 19.7. The van der Waals surface area contributed by atoms with E-state index in [4.69, 9.17) is 20.5 Å². The molecule has 0 bridgehead atoms. The summed E-state index contributed by atoms with van der Waals surface area (Å²) in [6.07, 6.45) is 20.2. The van der Waals surface area contributed by atoms with Crippen LogP contribution in [-0.2, 0) is 20.5 Å². The molecule has 2 aromatic carbocycles. The smallest absolute Gasteiger partial charge is 0.409 e. The minimum atomic E-state index is -3.85. The van der Waals surface area contributed by atoms with Gasteiger partial charge in [-0.3, -0.25) is 4.79 Å². The molecule has 0 amide bonds. The Morgan fingerprint density at radius 2 is 1.21 bits per heavy atom. The lowest BCUT2D eigenvalue weighted by Crippen LogP contribution is -2.38. The second-order valence-corrected chi connectivity index (χ2v) is 14.3. The standard InChI is InChI=1S/C35H55ClNO4P/c1-3-5-7-9-11-13-17-25-32(26-18-14-12-10-8-6-4-2)30-40-35(38)34(29-31-23-19-15-20-24-31)37-42(36,39)41-33-27-21-16-22-28-33/h15-16,19-24,27-28,32,34H,3-14,17-18,25-26,29-30H2,1-2H3,(H,37,39)/t34-,42?/m0/s1. The highest BCUT2D eigenvalue weighted by Crippen LogP contribution is 2.48. The summed E-state index contributed by atoms with van der Waals surface area (Å²) in [6, 6.07) is 17.5. The number of ether oxygens (including phenoxy) is 1. The SMILES string of the molecule is CCCCCCCCCC(CCCCCCCCC)COC(=O)[C@H](Cc1ccccc1)NP(=O)(Cl)Oc1ccccc1. The third-order valence-electron chi connectivity index (χ3n) is 7.74. The summed E-state index contributed by atoms with van der Waals surface area (Å²) >= 11 is 6.31. The molecular weight excluding hydrogens is 565 g/mol. The lowest BCUT2D eigenvalue weighted by molar-refractivity contribution is -0.147. The molecule has 0 aliphatic rings. The number of rotatable bonds is 25. The summed E-state index contributed by atoms with van der Waals surface area (Å²) in [7, 11) is 0. The number of halogens is 1. The van der Waals surface area contributed by atoms with Crippen LogP contribution in [0.15, 0.2) is 60.7 Å². The molecule has 0 aromatic heterocycles. The van der Waals surface area contributed by atoms with E-state index in [1.54, 1.807) is 24.3 Å². The highest BCUT2D eigenvalue weighted by atomic mass is 35.7. The van der Waals surface area contributed by atoms with Crippen LogP contribution in [0.2, 0.25) is 0 Å². The first kappa shape index (κ1) is 36.4. The van der Waals surface area contributed by atoms with E-state index in [-0.39, 0.29) is 0 Å². The van der Waals surface area contributed by atoms with Crippen molar-refractivity contribution in [1.29, 1.82) is 0 Å². The second kappa shape index (κ2) is 22.7. The van der Waals surface area contributed by atoms with Gasteiger partial charge in [0.15, 0.2) is 0 Å². The fraction of sp³-hybridized carbons (Fsp3) is 0.629. The van der Waals surface area contributed by atoms with Crippen molar-refractivity contribution in [2.75, 3.05) is 6.61 Å². The number of hydrogen-bond acceptors (Lipinski definition) is 4. The normalized spacial score (nSPS) is 13.5. The highest BCUT2D eigenvalue weighted by Gasteiger charge is 2.31. The van der Waals surface area contributed by atoms with Gasteiger partial charge in [-0.05, 0) is 42.9 Å². The minimum absolute atomic E-state index is 0.300. The summed E-state index contributed by atoms with van der Waals surface area (Å²) < 4.78 is 24.7. The van der Waals surface area contributed by atoms with Gasteiger partial charge >= 0.3 is 12.8 Å². The van der Waals surface area contributed by atoms with Crippen LogP contribution < -0.4 is 9.61 Å². The van der Waals surface area contributed by atoms with E-state index in [0.29, 0.717) is 24.7 Å². The van der Waals surface area contributed by atoms with E-state index in [9.17, 15) is 9.36 Å². The van der Waals surface area contributed by atoms with Crippen LogP contribution in [0.4, 0.5) is 0 Å². The van der Waals surface area contributed by atoms with Crippen LogP contribution in [-0.4, -0.2) is 18.6 Å². The van der Waals surface area contributed by atoms with Crippen molar-refractivity contribution in [2.24, 2.45) is 5.92 Å². The Labute approximate surface area is 260 Å². The van der Waals surface area contributed by atoms with Crippen LogP contribution in [0.1, 0.15) is 122 Å². The predicted octanol–water partition coefficient (Wildman–Crippen LogP) is 11.1. The maximum absolute atomic E-state index is 13.4. The summed E-state index contributed by atoms with van der Waals surface area (Å²) in [6.45, 7) is 1.02. The van der Waals surface area contributed by atoms with Gasteiger partial charge in [0.05, 0.1) is 6.61 Å². The molecule has 0 saturated carbocycles. The third kappa shape index (κ3) is 17.3. The van der Waals surface area contributed by atoms with E-state index < -0.39 is 18.9 Å². The van der Waals surface area contributed by atoms with Crippen molar-refractivity contribution in [1.82, 2.24) is 5.09 Å². The van der Waals surface area contributed by atoms with E-state index in [1.807, 2.05) is 36.4 Å². The predicted molar refractivity (Wildman–Crippen MR) is 177 cm³/mol. The van der Waals surface area contributed by atoms with Gasteiger partial charge in [-0.25, -0.2) is 9.65 Å². The van der Waals surface area contributed by atoms with Gasteiger partial charge in [-0.1, -0.05) is 152 Å². The number of benzene rings is 2. The van der Waals surface area contributed by atoms with Crippen molar-refractivity contribution in [3.05, 3.63) is 66.2 Å². The molecule has 2 atom stereocenters. The lowest BCUT2D eigenvalue weighted by Gasteiger charge is -2.23. The van der Waals surface area contributed by atoms with E-state index >= 15 is 0 Å². The van der Waals surface area contributed by atoms with Gasteiger partial charge < -0.3 is 9.26 Å². The maximum atomic E-state index is 13.4. The fourth-order valence-corrected chi connectivity index (χ4v) is 6.86.